The molecule has 2 heteroatoms. The van der Waals surface area contributed by atoms with Crippen molar-refractivity contribution in [3.63, 3.8) is 0 Å². The van der Waals surface area contributed by atoms with Crippen molar-refractivity contribution >= 4 is 0 Å². The van der Waals surface area contributed by atoms with Crippen molar-refractivity contribution in [3.05, 3.63) is 24.1 Å². The summed E-state index contributed by atoms with van der Waals surface area (Å²) in [6.45, 7) is 1.93. The molecule has 0 atom stereocenters. The van der Waals surface area contributed by atoms with Gasteiger partial charge in [0.05, 0.1) is 0 Å². The van der Waals surface area contributed by atoms with Crippen molar-refractivity contribution in [2.24, 2.45) is 0 Å². The molecule has 0 aromatic heterocycles. The van der Waals surface area contributed by atoms with Crippen molar-refractivity contribution in [2.75, 3.05) is 0 Å². The highest BCUT2D eigenvalue weighted by atomic mass is 16.6. The zero-order valence-electron chi connectivity index (χ0n) is 4.14. The Morgan fingerprint density at radius 1 is 1.71 bits per heavy atom. The minimum Gasteiger partial charge on any atom is -0.390 e. The topological polar surface area (TPSA) is 21.3 Å². The minimum absolute atomic E-state index is 1.03. The van der Waals surface area contributed by atoms with Gasteiger partial charge in [0.1, 0.15) is 6.26 Å². The fraction of sp³-hybridized carbons (Fsp3) is 0.200. The van der Waals surface area contributed by atoms with Crippen LogP contribution in [-0.4, -0.2) is 0 Å². The second-order valence-corrected chi connectivity index (χ2v) is 1.40. The molecule has 0 radical (unpaired) electrons. The van der Waals surface area contributed by atoms with Crippen LogP contribution in [0.3, 0.4) is 0 Å². The highest BCUT2D eigenvalue weighted by molar-refractivity contribution is 5.08. The standard InChI is InChI=1S/C5H7NO/c1-5-3-2-4-7-6-5/h2-4,6H,1H3. The third kappa shape index (κ3) is 0.961. The molecule has 1 N–H and O–H groups in total. The fourth-order valence-corrected chi connectivity index (χ4v) is 0.384. The van der Waals surface area contributed by atoms with E-state index in [2.05, 4.69) is 10.3 Å². The third-order valence-corrected chi connectivity index (χ3v) is 0.713. The molecule has 0 aromatic carbocycles. The summed E-state index contributed by atoms with van der Waals surface area (Å²) in [5.74, 6) is 0. The summed E-state index contributed by atoms with van der Waals surface area (Å²) in [5, 5.41) is 0. The summed E-state index contributed by atoms with van der Waals surface area (Å²) < 4.78 is 0. The third-order valence-electron chi connectivity index (χ3n) is 0.713. The van der Waals surface area contributed by atoms with Gasteiger partial charge >= 0.3 is 0 Å². The molecule has 0 aromatic rings. The molecule has 0 amide bonds. The quantitative estimate of drug-likeness (QED) is 0.485. The van der Waals surface area contributed by atoms with Crippen LogP contribution in [0, 0.1) is 0 Å². The van der Waals surface area contributed by atoms with E-state index in [0.717, 1.165) is 5.70 Å². The predicted octanol–water partition coefficient (Wildman–Crippen LogP) is 0.939. The van der Waals surface area contributed by atoms with Gasteiger partial charge in [-0.05, 0) is 19.1 Å². The van der Waals surface area contributed by atoms with Gasteiger partial charge in [0.15, 0.2) is 0 Å². The van der Waals surface area contributed by atoms with Crippen LogP contribution in [0.15, 0.2) is 24.1 Å². The van der Waals surface area contributed by atoms with Gasteiger partial charge in [0.25, 0.3) is 0 Å². The van der Waals surface area contributed by atoms with E-state index in [4.69, 9.17) is 0 Å². The van der Waals surface area contributed by atoms with E-state index in [1.807, 2.05) is 19.1 Å². The summed E-state index contributed by atoms with van der Waals surface area (Å²) in [7, 11) is 0. The first-order valence-corrected chi connectivity index (χ1v) is 2.15. The van der Waals surface area contributed by atoms with Crippen LogP contribution in [0.1, 0.15) is 6.92 Å². The van der Waals surface area contributed by atoms with Gasteiger partial charge in [-0.15, -0.1) is 0 Å². The maximum Gasteiger partial charge on any atom is 0.119 e. The lowest BCUT2D eigenvalue weighted by molar-refractivity contribution is 0.160. The van der Waals surface area contributed by atoms with Crippen LogP contribution in [0.25, 0.3) is 0 Å². The zero-order chi connectivity index (χ0) is 5.11. The Balaban J connectivity index is 2.57. The predicted molar refractivity (Wildman–Crippen MR) is 27.1 cm³/mol. The van der Waals surface area contributed by atoms with Crippen molar-refractivity contribution in [1.29, 1.82) is 0 Å². The molecule has 1 aliphatic rings. The molecular formula is C5H7NO. The number of rotatable bonds is 0. The zero-order valence-corrected chi connectivity index (χ0v) is 4.14. The molecule has 0 bridgehead atoms. The maximum atomic E-state index is 4.68. The van der Waals surface area contributed by atoms with E-state index in [1.54, 1.807) is 6.26 Å². The highest BCUT2D eigenvalue weighted by Crippen LogP contribution is 1.92. The highest BCUT2D eigenvalue weighted by Gasteiger charge is 1.85. The molecule has 0 fully saturated rings. The summed E-state index contributed by atoms with van der Waals surface area (Å²) in [6.07, 6.45) is 5.36. The second kappa shape index (κ2) is 1.69. The Labute approximate surface area is 42.4 Å². The van der Waals surface area contributed by atoms with Crippen molar-refractivity contribution in [1.82, 2.24) is 5.48 Å². The second-order valence-electron chi connectivity index (χ2n) is 1.40. The van der Waals surface area contributed by atoms with Crippen molar-refractivity contribution < 1.29 is 4.84 Å². The number of allylic oxidation sites excluding steroid dienone is 3. The minimum atomic E-state index is 1.03. The molecule has 0 unspecified atom stereocenters. The molecular weight excluding hydrogens is 90.1 g/mol. The first-order chi connectivity index (χ1) is 3.39. The normalized spacial score (nSPS) is 17.0. The summed E-state index contributed by atoms with van der Waals surface area (Å²) in [4.78, 5) is 4.68. The molecule has 2 nitrogen and oxygen atoms in total. The largest absolute Gasteiger partial charge is 0.390 e. The summed E-state index contributed by atoms with van der Waals surface area (Å²) in [5.41, 5.74) is 3.69. The molecule has 1 rings (SSSR count). The van der Waals surface area contributed by atoms with Gasteiger partial charge in [0.2, 0.25) is 0 Å². The Kier molecular flexibility index (Phi) is 1.02. The van der Waals surface area contributed by atoms with Gasteiger partial charge < -0.3 is 4.84 Å². The Hall–Kier alpha value is -0.920. The van der Waals surface area contributed by atoms with E-state index in [-0.39, 0.29) is 0 Å². The van der Waals surface area contributed by atoms with Crippen LogP contribution in [0.2, 0.25) is 0 Å². The van der Waals surface area contributed by atoms with E-state index >= 15 is 0 Å². The summed E-state index contributed by atoms with van der Waals surface area (Å²) in [6, 6.07) is 0. The van der Waals surface area contributed by atoms with E-state index in [0.29, 0.717) is 0 Å². The van der Waals surface area contributed by atoms with Crippen LogP contribution < -0.4 is 5.48 Å². The molecule has 0 aliphatic carbocycles. The first-order valence-electron chi connectivity index (χ1n) is 2.15. The molecule has 0 spiro atoms. The first kappa shape index (κ1) is 4.24. The van der Waals surface area contributed by atoms with Crippen LogP contribution in [0.4, 0.5) is 0 Å². The SMILES string of the molecule is CC1=CC=CON1. The van der Waals surface area contributed by atoms with Gasteiger partial charge in [-0.1, -0.05) is 0 Å². The van der Waals surface area contributed by atoms with Gasteiger partial charge in [0, 0.05) is 5.70 Å². The average Bonchev–Trinajstić information content (AvgIpc) is 1.69. The monoisotopic (exact) mass is 97.1 g/mol. The number of hydroxylamine groups is 1. The Morgan fingerprint density at radius 2 is 2.57 bits per heavy atom. The lowest BCUT2D eigenvalue weighted by atomic mass is 10.4. The van der Waals surface area contributed by atoms with Crippen LogP contribution >= 0.6 is 0 Å². The number of hydrogen-bond donors (Lipinski definition) is 1. The van der Waals surface area contributed by atoms with Crippen LogP contribution in [-0.2, 0) is 4.84 Å². The lowest BCUT2D eigenvalue weighted by Crippen LogP contribution is -2.09. The van der Waals surface area contributed by atoms with E-state index < -0.39 is 0 Å². The van der Waals surface area contributed by atoms with Gasteiger partial charge in [-0.2, -0.15) is 0 Å². The Morgan fingerprint density at radius 3 is 2.86 bits per heavy atom. The van der Waals surface area contributed by atoms with Gasteiger partial charge in [-0.25, -0.2) is 5.48 Å². The molecule has 1 aliphatic heterocycles. The number of hydrogen-bond acceptors (Lipinski definition) is 2. The molecule has 7 heavy (non-hydrogen) atoms. The Bertz CT molecular complexity index is 115. The molecule has 0 saturated carbocycles. The average molecular weight is 97.1 g/mol. The van der Waals surface area contributed by atoms with Crippen molar-refractivity contribution in [2.45, 2.75) is 6.92 Å². The smallest absolute Gasteiger partial charge is 0.119 e. The maximum absolute atomic E-state index is 4.68. The van der Waals surface area contributed by atoms with Gasteiger partial charge in [-0.3, -0.25) is 0 Å². The van der Waals surface area contributed by atoms with E-state index in [1.165, 1.54) is 0 Å². The summed E-state index contributed by atoms with van der Waals surface area (Å²) >= 11 is 0. The molecule has 1 heterocycles. The van der Waals surface area contributed by atoms with E-state index in [9.17, 15) is 0 Å². The van der Waals surface area contributed by atoms with Crippen molar-refractivity contribution in [3.8, 4) is 0 Å². The number of nitrogens with one attached hydrogen (secondary N) is 1. The lowest BCUT2D eigenvalue weighted by Gasteiger charge is -2.05. The van der Waals surface area contributed by atoms with Crippen LogP contribution in [0.5, 0.6) is 0 Å². The molecule has 38 valence electrons. The fourth-order valence-electron chi connectivity index (χ4n) is 0.384. The molecule has 0 saturated heterocycles.